The predicted molar refractivity (Wildman–Crippen MR) is 99.4 cm³/mol. The molecule has 1 atom stereocenters. The van der Waals surface area contributed by atoms with Crippen LogP contribution in [0.5, 0.6) is 0 Å². The van der Waals surface area contributed by atoms with E-state index in [1.807, 2.05) is 4.90 Å². The SMILES string of the molecule is C=CCNS(=O)(=O)c1cccc(C(=O)N2CCC([C@H]3CCCO3)CC2)c1. The first-order valence-electron chi connectivity index (χ1n) is 9.13. The maximum absolute atomic E-state index is 12.8. The van der Waals surface area contributed by atoms with Crippen LogP contribution >= 0.6 is 0 Å². The van der Waals surface area contributed by atoms with Crippen molar-refractivity contribution in [3.05, 3.63) is 42.5 Å². The van der Waals surface area contributed by atoms with E-state index in [1.54, 1.807) is 12.1 Å². The van der Waals surface area contributed by atoms with E-state index in [2.05, 4.69) is 11.3 Å². The molecule has 2 heterocycles. The quantitative estimate of drug-likeness (QED) is 0.770. The lowest BCUT2D eigenvalue weighted by molar-refractivity contribution is 0.0291. The van der Waals surface area contributed by atoms with Crippen LogP contribution in [0.2, 0.25) is 0 Å². The van der Waals surface area contributed by atoms with Crippen LogP contribution in [-0.2, 0) is 14.8 Å². The fourth-order valence-electron chi connectivity index (χ4n) is 3.68. The lowest BCUT2D eigenvalue weighted by atomic mass is 9.89. The smallest absolute Gasteiger partial charge is 0.253 e. The van der Waals surface area contributed by atoms with E-state index < -0.39 is 10.0 Å². The number of rotatable bonds is 6. The second-order valence-electron chi connectivity index (χ2n) is 6.85. The Morgan fingerprint density at radius 2 is 2.08 bits per heavy atom. The number of likely N-dealkylation sites (tertiary alicyclic amines) is 1. The normalized spacial score (nSPS) is 21.7. The third-order valence-electron chi connectivity index (χ3n) is 5.13. The van der Waals surface area contributed by atoms with Crippen LogP contribution in [0.4, 0.5) is 0 Å². The van der Waals surface area contributed by atoms with E-state index in [0.717, 1.165) is 32.3 Å². The topological polar surface area (TPSA) is 75.7 Å². The molecular weight excluding hydrogens is 352 g/mol. The number of hydrogen-bond acceptors (Lipinski definition) is 4. The Labute approximate surface area is 155 Å². The number of ether oxygens (including phenoxy) is 1. The van der Waals surface area contributed by atoms with Gasteiger partial charge in [-0.05, 0) is 49.8 Å². The molecule has 0 aliphatic carbocycles. The standard InChI is InChI=1S/C19H26N2O4S/c1-2-10-20-26(23,24)17-6-3-5-16(14-17)19(22)21-11-8-15(9-12-21)18-7-4-13-25-18/h2-3,5-6,14-15,18,20H,1,4,7-13H2/t18-/m1/s1. The van der Waals surface area contributed by atoms with Crippen LogP contribution < -0.4 is 4.72 Å². The minimum absolute atomic E-state index is 0.0967. The highest BCUT2D eigenvalue weighted by molar-refractivity contribution is 7.89. The van der Waals surface area contributed by atoms with E-state index in [9.17, 15) is 13.2 Å². The molecule has 7 heteroatoms. The molecule has 3 rings (SSSR count). The van der Waals surface area contributed by atoms with Gasteiger partial charge in [0.15, 0.2) is 0 Å². The Bertz CT molecular complexity index is 749. The van der Waals surface area contributed by atoms with Gasteiger partial charge in [0.05, 0.1) is 11.0 Å². The fraction of sp³-hybridized carbons (Fsp3) is 0.526. The fourth-order valence-corrected chi connectivity index (χ4v) is 4.72. The summed E-state index contributed by atoms with van der Waals surface area (Å²) in [6.07, 6.45) is 5.95. The molecule has 142 valence electrons. The van der Waals surface area contributed by atoms with Gasteiger partial charge in [0.1, 0.15) is 0 Å². The molecule has 0 unspecified atom stereocenters. The van der Waals surface area contributed by atoms with Crippen molar-refractivity contribution in [2.75, 3.05) is 26.2 Å². The molecule has 0 radical (unpaired) electrons. The average Bonchev–Trinajstić information content (AvgIpc) is 3.21. The third kappa shape index (κ3) is 4.34. The molecule has 1 N–H and O–H groups in total. The zero-order valence-corrected chi connectivity index (χ0v) is 15.7. The molecule has 0 bridgehead atoms. The predicted octanol–water partition coefficient (Wildman–Crippen LogP) is 2.18. The van der Waals surface area contributed by atoms with Crippen molar-refractivity contribution in [2.24, 2.45) is 5.92 Å². The minimum atomic E-state index is -3.64. The third-order valence-corrected chi connectivity index (χ3v) is 6.55. The van der Waals surface area contributed by atoms with Crippen molar-refractivity contribution < 1.29 is 17.9 Å². The van der Waals surface area contributed by atoms with Crippen LogP contribution in [0, 0.1) is 5.92 Å². The molecule has 0 saturated carbocycles. The average molecular weight is 378 g/mol. The zero-order chi connectivity index (χ0) is 18.6. The summed E-state index contributed by atoms with van der Waals surface area (Å²) in [5.41, 5.74) is 0.405. The number of sulfonamides is 1. The second-order valence-corrected chi connectivity index (χ2v) is 8.62. The summed E-state index contributed by atoms with van der Waals surface area (Å²) in [6.45, 7) is 5.88. The first-order valence-corrected chi connectivity index (χ1v) is 10.6. The van der Waals surface area contributed by atoms with Crippen LogP contribution in [0.1, 0.15) is 36.0 Å². The minimum Gasteiger partial charge on any atom is -0.378 e. The van der Waals surface area contributed by atoms with Crippen LogP contribution in [0.3, 0.4) is 0 Å². The van der Waals surface area contributed by atoms with Crippen molar-refractivity contribution in [1.29, 1.82) is 0 Å². The zero-order valence-electron chi connectivity index (χ0n) is 14.9. The number of piperidine rings is 1. The van der Waals surface area contributed by atoms with Gasteiger partial charge >= 0.3 is 0 Å². The van der Waals surface area contributed by atoms with Gasteiger partial charge in [-0.1, -0.05) is 12.1 Å². The van der Waals surface area contributed by atoms with E-state index in [-0.39, 0.29) is 17.3 Å². The van der Waals surface area contributed by atoms with Gasteiger partial charge in [-0.3, -0.25) is 4.79 Å². The lowest BCUT2D eigenvalue weighted by Gasteiger charge is -2.34. The number of benzene rings is 1. The summed E-state index contributed by atoms with van der Waals surface area (Å²) in [7, 11) is -3.64. The van der Waals surface area contributed by atoms with Crippen molar-refractivity contribution in [2.45, 2.75) is 36.7 Å². The van der Waals surface area contributed by atoms with Crippen molar-refractivity contribution in [3.63, 3.8) is 0 Å². The van der Waals surface area contributed by atoms with Gasteiger partial charge in [-0.25, -0.2) is 13.1 Å². The molecule has 2 fully saturated rings. The maximum atomic E-state index is 12.8. The highest BCUT2D eigenvalue weighted by Gasteiger charge is 2.31. The van der Waals surface area contributed by atoms with Crippen LogP contribution in [0.15, 0.2) is 41.8 Å². The number of carbonyl (C=O) groups excluding carboxylic acids is 1. The van der Waals surface area contributed by atoms with E-state index in [4.69, 9.17) is 4.74 Å². The molecule has 6 nitrogen and oxygen atoms in total. The summed E-state index contributed by atoms with van der Waals surface area (Å²) in [6, 6.07) is 6.21. The van der Waals surface area contributed by atoms with Gasteiger partial charge in [-0.15, -0.1) is 6.58 Å². The van der Waals surface area contributed by atoms with Crippen molar-refractivity contribution in [1.82, 2.24) is 9.62 Å². The van der Waals surface area contributed by atoms with Gasteiger partial charge in [0, 0.05) is 31.8 Å². The second kappa shape index (κ2) is 8.33. The first kappa shape index (κ1) is 19.1. The maximum Gasteiger partial charge on any atom is 0.253 e. The van der Waals surface area contributed by atoms with Crippen LogP contribution in [-0.4, -0.2) is 51.6 Å². The van der Waals surface area contributed by atoms with Crippen LogP contribution in [0.25, 0.3) is 0 Å². The molecule has 2 aliphatic heterocycles. The van der Waals surface area contributed by atoms with E-state index in [1.165, 1.54) is 18.2 Å². The van der Waals surface area contributed by atoms with Gasteiger partial charge in [0.2, 0.25) is 10.0 Å². The van der Waals surface area contributed by atoms with Gasteiger partial charge in [-0.2, -0.15) is 0 Å². The van der Waals surface area contributed by atoms with E-state index >= 15 is 0 Å². The summed E-state index contributed by atoms with van der Waals surface area (Å²) in [4.78, 5) is 14.7. The molecule has 1 aromatic carbocycles. The molecule has 0 spiro atoms. The largest absolute Gasteiger partial charge is 0.378 e. The summed E-state index contributed by atoms with van der Waals surface area (Å²) >= 11 is 0. The monoisotopic (exact) mass is 378 g/mol. The molecule has 2 aliphatic rings. The van der Waals surface area contributed by atoms with Crippen molar-refractivity contribution >= 4 is 15.9 Å². The number of amides is 1. The van der Waals surface area contributed by atoms with Gasteiger partial charge < -0.3 is 9.64 Å². The lowest BCUT2D eigenvalue weighted by Crippen LogP contribution is -2.41. The Kier molecular flexibility index (Phi) is 6.11. The summed E-state index contributed by atoms with van der Waals surface area (Å²) < 4.78 is 32.7. The van der Waals surface area contributed by atoms with Gasteiger partial charge in [0.25, 0.3) is 5.91 Å². The number of carbonyl (C=O) groups is 1. The Hall–Kier alpha value is -1.70. The molecule has 1 aromatic rings. The van der Waals surface area contributed by atoms with E-state index in [0.29, 0.717) is 30.7 Å². The van der Waals surface area contributed by atoms with Crippen molar-refractivity contribution in [3.8, 4) is 0 Å². The summed E-state index contributed by atoms with van der Waals surface area (Å²) in [5.74, 6) is 0.410. The molecular formula is C19H26N2O4S. The highest BCUT2D eigenvalue weighted by atomic mass is 32.2. The Balaban J connectivity index is 1.65. The molecule has 2 saturated heterocycles. The molecule has 26 heavy (non-hydrogen) atoms. The molecule has 0 aromatic heterocycles. The Morgan fingerprint density at radius 3 is 2.73 bits per heavy atom. The summed E-state index contributed by atoms with van der Waals surface area (Å²) in [5, 5.41) is 0. The Morgan fingerprint density at radius 1 is 1.31 bits per heavy atom. The number of nitrogens with one attached hydrogen (secondary N) is 1. The first-order chi connectivity index (χ1) is 12.5. The number of nitrogens with zero attached hydrogens (tertiary/aromatic N) is 1. The molecule has 1 amide bonds. The highest BCUT2D eigenvalue weighted by Crippen LogP contribution is 2.29. The number of hydrogen-bond donors (Lipinski definition) is 1.